The van der Waals surface area contributed by atoms with Crippen molar-refractivity contribution in [2.45, 2.75) is 12.1 Å². The maximum atomic E-state index is 11.8. The van der Waals surface area contributed by atoms with E-state index in [0.717, 1.165) is 0 Å². The van der Waals surface area contributed by atoms with Crippen molar-refractivity contribution in [3.05, 3.63) is 70.6 Å². The number of aromatic nitrogens is 1. The summed E-state index contributed by atoms with van der Waals surface area (Å²) in [5, 5.41) is 18.9. The van der Waals surface area contributed by atoms with Crippen LogP contribution >= 0.6 is 0 Å². The van der Waals surface area contributed by atoms with Gasteiger partial charge in [0, 0.05) is 12.3 Å². The van der Waals surface area contributed by atoms with Gasteiger partial charge in [0.15, 0.2) is 6.10 Å². The molecule has 2 aromatic rings. The van der Waals surface area contributed by atoms with Crippen molar-refractivity contribution >= 4 is 5.97 Å². The fourth-order valence-corrected chi connectivity index (χ4v) is 1.95. The van der Waals surface area contributed by atoms with Gasteiger partial charge in [-0.25, -0.2) is 4.79 Å². The monoisotopic (exact) mass is 295 g/mol. The van der Waals surface area contributed by atoms with E-state index in [2.05, 4.69) is 0 Å². The van der Waals surface area contributed by atoms with E-state index in [1.807, 2.05) is 0 Å². The molecule has 1 aromatic carbocycles. The first-order chi connectivity index (χ1) is 9.11. The number of benzene rings is 1. The molecule has 0 unspecified atom stereocenters. The van der Waals surface area contributed by atoms with Crippen LogP contribution in [0.1, 0.15) is 11.6 Å². The number of nitrogens with zero attached hydrogens (tertiary/aromatic N) is 1. The highest BCUT2D eigenvalue weighted by molar-refractivity contribution is 5.73. The molecule has 114 valence electrons. The SMILES string of the molecule is O.O.O=C(O)[C@@H](O)[C@H](c1ccccc1)n1ccccc1=O. The molecule has 0 aliphatic carbocycles. The molecule has 0 aliphatic heterocycles. The van der Waals surface area contributed by atoms with Crippen LogP contribution in [-0.2, 0) is 4.79 Å². The Hall–Kier alpha value is -2.48. The molecule has 2 atom stereocenters. The van der Waals surface area contributed by atoms with E-state index in [0.29, 0.717) is 5.56 Å². The van der Waals surface area contributed by atoms with Crippen LogP contribution < -0.4 is 5.56 Å². The molecule has 0 saturated carbocycles. The minimum Gasteiger partial charge on any atom is -0.479 e. The second kappa shape index (κ2) is 7.95. The van der Waals surface area contributed by atoms with Gasteiger partial charge in [0.25, 0.3) is 5.56 Å². The topological polar surface area (TPSA) is 143 Å². The van der Waals surface area contributed by atoms with Crippen LogP contribution in [0.3, 0.4) is 0 Å². The first-order valence-corrected chi connectivity index (χ1v) is 5.74. The number of aliphatic hydroxyl groups excluding tert-OH is 1. The summed E-state index contributed by atoms with van der Waals surface area (Å²) in [7, 11) is 0. The lowest BCUT2D eigenvalue weighted by atomic mass is 10.0. The van der Waals surface area contributed by atoms with Crippen LogP contribution in [0, 0.1) is 0 Å². The lowest BCUT2D eigenvalue weighted by Gasteiger charge is -2.22. The van der Waals surface area contributed by atoms with Gasteiger partial charge >= 0.3 is 5.97 Å². The summed E-state index contributed by atoms with van der Waals surface area (Å²) in [6.45, 7) is 0. The molecule has 7 nitrogen and oxygen atoms in total. The molecule has 6 N–H and O–H groups in total. The molecule has 7 heteroatoms. The molecule has 0 saturated heterocycles. The third kappa shape index (κ3) is 3.99. The van der Waals surface area contributed by atoms with Gasteiger partial charge < -0.3 is 25.7 Å². The highest BCUT2D eigenvalue weighted by Gasteiger charge is 2.29. The van der Waals surface area contributed by atoms with Crippen LogP contribution in [0.4, 0.5) is 0 Å². The maximum Gasteiger partial charge on any atom is 0.335 e. The summed E-state index contributed by atoms with van der Waals surface area (Å²) in [5.41, 5.74) is 0.197. The van der Waals surface area contributed by atoms with E-state index in [1.54, 1.807) is 42.5 Å². The Bertz CT molecular complexity index is 625. The lowest BCUT2D eigenvalue weighted by molar-refractivity contribution is -0.148. The summed E-state index contributed by atoms with van der Waals surface area (Å²) in [5.74, 6) is -1.37. The Labute approximate surface area is 120 Å². The number of carbonyl (C=O) groups is 1. The molecular formula is C14H17NO6. The van der Waals surface area contributed by atoms with Gasteiger partial charge in [0.1, 0.15) is 0 Å². The predicted octanol–water partition coefficient (Wildman–Crippen LogP) is -0.766. The molecule has 0 aliphatic rings. The van der Waals surface area contributed by atoms with Gasteiger partial charge in [0.2, 0.25) is 0 Å². The molecule has 0 fully saturated rings. The average Bonchev–Trinajstić information content (AvgIpc) is 2.42. The Balaban J connectivity index is 0.00000200. The van der Waals surface area contributed by atoms with E-state index in [4.69, 9.17) is 5.11 Å². The van der Waals surface area contributed by atoms with E-state index in [-0.39, 0.29) is 16.5 Å². The quantitative estimate of drug-likeness (QED) is 0.763. The fourth-order valence-electron chi connectivity index (χ4n) is 1.95. The first kappa shape index (κ1) is 18.5. The van der Waals surface area contributed by atoms with Gasteiger partial charge in [-0.1, -0.05) is 36.4 Å². The number of aliphatic carboxylic acids is 1. The van der Waals surface area contributed by atoms with Gasteiger partial charge in [0.05, 0.1) is 6.04 Å². The summed E-state index contributed by atoms with van der Waals surface area (Å²) >= 11 is 0. The minimum atomic E-state index is -1.69. The predicted molar refractivity (Wildman–Crippen MR) is 76.2 cm³/mol. The van der Waals surface area contributed by atoms with E-state index < -0.39 is 18.1 Å². The van der Waals surface area contributed by atoms with Crippen molar-refractivity contribution in [2.75, 3.05) is 0 Å². The smallest absolute Gasteiger partial charge is 0.335 e. The number of aliphatic hydroxyl groups is 1. The second-order valence-electron chi connectivity index (χ2n) is 4.08. The number of hydrogen-bond donors (Lipinski definition) is 2. The molecule has 0 bridgehead atoms. The van der Waals surface area contributed by atoms with Crippen molar-refractivity contribution in [1.29, 1.82) is 0 Å². The van der Waals surface area contributed by atoms with Crippen molar-refractivity contribution in [3.8, 4) is 0 Å². The van der Waals surface area contributed by atoms with Crippen LogP contribution in [0.25, 0.3) is 0 Å². The average molecular weight is 295 g/mol. The van der Waals surface area contributed by atoms with Crippen molar-refractivity contribution < 1.29 is 26.0 Å². The first-order valence-electron chi connectivity index (χ1n) is 5.74. The highest BCUT2D eigenvalue weighted by atomic mass is 16.4. The minimum absolute atomic E-state index is 0. The Morgan fingerprint density at radius 3 is 2.10 bits per heavy atom. The van der Waals surface area contributed by atoms with Crippen LogP contribution in [0.15, 0.2) is 59.5 Å². The van der Waals surface area contributed by atoms with Crippen molar-refractivity contribution in [1.82, 2.24) is 4.57 Å². The zero-order valence-electron chi connectivity index (χ0n) is 11.0. The van der Waals surface area contributed by atoms with Crippen LogP contribution in [-0.4, -0.2) is 37.8 Å². The van der Waals surface area contributed by atoms with Crippen LogP contribution in [0.5, 0.6) is 0 Å². The summed E-state index contributed by atoms with van der Waals surface area (Å²) in [6.07, 6.45) is -0.228. The normalized spacial score (nSPS) is 12.4. The van der Waals surface area contributed by atoms with Crippen molar-refractivity contribution in [3.63, 3.8) is 0 Å². The summed E-state index contributed by atoms with van der Waals surface area (Å²) in [4.78, 5) is 22.9. The number of carboxylic acid groups (broad SMARTS) is 1. The van der Waals surface area contributed by atoms with Crippen LogP contribution in [0.2, 0.25) is 0 Å². The fraction of sp³-hybridized carbons (Fsp3) is 0.143. The summed E-state index contributed by atoms with van der Waals surface area (Å²) < 4.78 is 1.22. The molecular weight excluding hydrogens is 278 g/mol. The molecule has 0 spiro atoms. The number of hydrogen-bond acceptors (Lipinski definition) is 3. The third-order valence-corrected chi connectivity index (χ3v) is 2.84. The maximum absolute atomic E-state index is 11.8. The largest absolute Gasteiger partial charge is 0.479 e. The van der Waals surface area contributed by atoms with E-state index in [9.17, 15) is 14.7 Å². The molecule has 1 heterocycles. The van der Waals surface area contributed by atoms with E-state index >= 15 is 0 Å². The van der Waals surface area contributed by atoms with Gasteiger partial charge in [-0.05, 0) is 11.6 Å². The molecule has 0 radical (unpaired) electrons. The van der Waals surface area contributed by atoms with Gasteiger partial charge in [-0.2, -0.15) is 0 Å². The lowest BCUT2D eigenvalue weighted by Crippen LogP contribution is -2.37. The number of rotatable bonds is 4. The highest BCUT2D eigenvalue weighted by Crippen LogP contribution is 2.20. The standard InChI is InChI=1S/C14H13NO4.2H2O/c16-11-8-4-5-9-15(11)12(13(17)14(18)19)10-6-2-1-3-7-10;;/h1-9,12-13,17H,(H,18,19);2*1H2/t12-,13-;;/m0../s1. The van der Waals surface area contributed by atoms with E-state index in [1.165, 1.54) is 16.8 Å². The van der Waals surface area contributed by atoms with Crippen molar-refractivity contribution in [2.24, 2.45) is 0 Å². The molecule has 21 heavy (non-hydrogen) atoms. The summed E-state index contributed by atoms with van der Waals surface area (Å²) in [6, 6.07) is 12.1. The third-order valence-electron chi connectivity index (χ3n) is 2.84. The Morgan fingerprint density at radius 2 is 1.57 bits per heavy atom. The molecule has 2 rings (SSSR count). The second-order valence-corrected chi connectivity index (χ2v) is 4.08. The van der Waals surface area contributed by atoms with Gasteiger partial charge in [-0.3, -0.25) is 4.79 Å². The zero-order valence-corrected chi connectivity index (χ0v) is 11.0. The Morgan fingerprint density at radius 1 is 1.00 bits per heavy atom. The van der Waals surface area contributed by atoms with Gasteiger partial charge in [-0.15, -0.1) is 0 Å². The molecule has 0 amide bonds. The number of carboxylic acids is 1. The molecule has 1 aromatic heterocycles. The zero-order chi connectivity index (χ0) is 13.8. The number of pyridine rings is 1. The Kier molecular flexibility index (Phi) is 7.01.